The normalized spacial score (nSPS) is 10.0. The number of carbonyl (C=O) groups is 2. The van der Waals surface area contributed by atoms with Gasteiger partial charge >= 0.3 is 5.97 Å². The Hall–Kier alpha value is -2.54. The Kier molecular flexibility index (Phi) is 5.00. The van der Waals surface area contributed by atoms with E-state index in [0.717, 1.165) is 4.47 Å². The number of non-ortho nitro benzene ring substituents is 1. The number of esters is 1. The van der Waals surface area contributed by atoms with Gasteiger partial charge in [0.2, 0.25) is 0 Å². The molecule has 2 aromatic carbocycles. The predicted octanol–water partition coefficient (Wildman–Crippen LogP) is 3.40. The zero-order valence-electron chi connectivity index (χ0n) is 11.2. The summed E-state index contributed by atoms with van der Waals surface area (Å²) in [6.45, 7) is -0.424. The minimum absolute atomic E-state index is 0.108. The van der Waals surface area contributed by atoms with Gasteiger partial charge in [-0.15, -0.1) is 0 Å². The van der Waals surface area contributed by atoms with E-state index in [1.165, 1.54) is 24.3 Å². The summed E-state index contributed by atoms with van der Waals surface area (Å²) >= 11 is 3.25. The number of halogens is 1. The number of hydrogen-bond acceptors (Lipinski definition) is 5. The fourth-order valence-electron chi connectivity index (χ4n) is 1.65. The molecule has 0 unspecified atom stereocenters. The van der Waals surface area contributed by atoms with Crippen LogP contribution in [-0.4, -0.2) is 23.3 Å². The van der Waals surface area contributed by atoms with Crippen molar-refractivity contribution in [2.75, 3.05) is 6.61 Å². The first-order valence-electron chi connectivity index (χ1n) is 6.18. The number of ketones is 1. The number of carbonyl (C=O) groups excluding carboxylic acids is 2. The molecule has 0 amide bonds. The maximum absolute atomic E-state index is 11.9. The quantitative estimate of drug-likeness (QED) is 0.351. The number of rotatable bonds is 5. The highest BCUT2D eigenvalue weighted by Crippen LogP contribution is 2.13. The lowest BCUT2D eigenvalue weighted by atomic mass is 10.1. The van der Waals surface area contributed by atoms with Crippen LogP contribution in [0.3, 0.4) is 0 Å². The van der Waals surface area contributed by atoms with Gasteiger partial charge in [-0.05, 0) is 36.4 Å². The molecule has 0 aliphatic rings. The van der Waals surface area contributed by atoms with Crippen molar-refractivity contribution in [1.29, 1.82) is 0 Å². The highest BCUT2D eigenvalue weighted by molar-refractivity contribution is 9.10. The van der Waals surface area contributed by atoms with E-state index in [1.807, 2.05) is 0 Å². The second-order valence-corrected chi connectivity index (χ2v) is 5.23. The standard InChI is InChI=1S/C15H10BrNO5/c16-12-5-1-11(2-6-12)15(19)22-9-14(18)10-3-7-13(8-4-10)17(20)21/h1-8H,9H2. The summed E-state index contributed by atoms with van der Waals surface area (Å²) in [7, 11) is 0. The summed E-state index contributed by atoms with van der Waals surface area (Å²) in [4.78, 5) is 33.6. The van der Waals surface area contributed by atoms with Crippen molar-refractivity contribution in [3.8, 4) is 0 Å². The molecule has 6 nitrogen and oxygen atoms in total. The van der Waals surface area contributed by atoms with Crippen LogP contribution < -0.4 is 0 Å². The summed E-state index contributed by atoms with van der Waals surface area (Å²) in [5.74, 6) is -1.04. The van der Waals surface area contributed by atoms with E-state index in [9.17, 15) is 19.7 Å². The minimum atomic E-state index is -0.609. The molecular weight excluding hydrogens is 354 g/mol. The molecule has 22 heavy (non-hydrogen) atoms. The predicted molar refractivity (Wildman–Crippen MR) is 81.9 cm³/mol. The van der Waals surface area contributed by atoms with Crippen LogP contribution in [0.2, 0.25) is 0 Å². The lowest BCUT2D eigenvalue weighted by molar-refractivity contribution is -0.384. The van der Waals surface area contributed by atoms with Crippen molar-refractivity contribution >= 4 is 33.4 Å². The van der Waals surface area contributed by atoms with Crippen LogP contribution in [0.25, 0.3) is 0 Å². The van der Waals surface area contributed by atoms with Gasteiger partial charge in [0.05, 0.1) is 10.5 Å². The van der Waals surface area contributed by atoms with Crippen LogP contribution in [0.1, 0.15) is 20.7 Å². The van der Waals surface area contributed by atoms with Crippen LogP contribution >= 0.6 is 15.9 Å². The Morgan fingerprint density at radius 2 is 1.55 bits per heavy atom. The zero-order valence-corrected chi connectivity index (χ0v) is 12.8. The number of nitrogens with zero attached hydrogens (tertiary/aromatic N) is 1. The van der Waals surface area contributed by atoms with Gasteiger partial charge in [-0.3, -0.25) is 14.9 Å². The van der Waals surface area contributed by atoms with Crippen molar-refractivity contribution in [2.24, 2.45) is 0 Å². The monoisotopic (exact) mass is 363 g/mol. The van der Waals surface area contributed by atoms with E-state index >= 15 is 0 Å². The third-order valence-corrected chi connectivity index (χ3v) is 3.34. The Balaban J connectivity index is 1.96. The molecule has 0 radical (unpaired) electrons. The van der Waals surface area contributed by atoms with Gasteiger partial charge in [0.15, 0.2) is 12.4 Å². The van der Waals surface area contributed by atoms with Gasteiger partial charge in [-0.2, -0.15) is 0 Å². The van der Waals surface area contributed by atoms with Crippen molar-refractivity contribution in [3.05, 3.63) is 74.2 Å². The molecule has 0 saturated heterocycles. The van der Waals surface area contributed by atoms with Crippen molar-refractivity contribution in [3.63, 3.8) is 0 Å². The maximum atomic E-state index is 11.9. The maximum Gasteiger partial charge on any atom is 0.338 e. The van der Waals surface area contributed by atoms with Crippen LogP contribution in [0.5, 0.6) is 0 Å². The van der Waals surface area contributed by atoms with Crippen LogP contribution in [0.15, 0.2) is 53.0 Å². The lowest BCUT2D eigenvalue weighted by Crippen LogP contribution is -2.14. The van der Waals surface area contributed by atoms with E-state index in [4.69, 9.17) is 4.74 Å². The second-order valence-electron chi connectivity index (χ2n) is 4.31. The SMILES string of the molecule is O=C(COC(=O)c1ccc(Br)cc1)c1ccc([N+](=O)[O-])cc1. The van der Waals surface area contributed by atoms with Gasteiger partial charge in [-0.1, -0.05) is 15.9 Å². The third-order valence-electron chi connectivity index (χ3n) is 2.81. The zero-order chi connectivity index (χ0) is 16.1. The lowest BCUT2D eigenvalue weighted by Gasteiger charge is -2.04. The molecule has 0 bridgehead atoms. The molecule has 2 aromatic rings. The van der Waals surface area contributed by atoms with E-state index in [-0.39, 0.29) is 11.3 Å². The van der Waals surface area contributed by atoms with E-state index in [0.29, 0.717) is 5.56 Å². The molecule has 0 aromatic heterocycles. The van der Waals surface area contributed by atoms with Crippen LogP contribution in [0.4, 0.5) is 5.69 Å². The summed E-state index contributed by atoms with van der Waals surface area (Å²) in [6.07, 6.45) is 0. The van der Waals surface area contributed by atoms with Gasteiger partial charge in [0.1, 0.15) is 0 Å². The highest BCUT2D eigenvalue weighted by Gasteiger charge is 2.13. The van der Waals surface area contributed by atoms with Gasteiger partial charge in [-0.25, -0.2) is 4.79 Å². The summed E-state index contributed by atoms with van der Waals surface area (Å²) < 4.78 is 5.75. The molecule has 0 atom stereocenters. The Bertz CT molecular complexity index is 710. The van der Waals surface area contributed by atoms with Crippen molar-refractivity contribution < 1.29 is 19.2 Å². The Morgan fingerprint density at radius 3 is 2.09 bits per heavy atom. The van der Waals surface area contributed by atoms with Crippen LogP contribution in [-0.2, 0) is 4.74 Å². The largest absolute Gasteiger partial charge is 0.454 e. The molecule has 0 aliphatic heterocycles. The number of nitro groups is 1. The molecule has 0 saturated carbocycles. The fraction of sp³-hybridized carbons (Fsp3) is 0.0667. The van der Waals surface area contributed by atoms with Gasteiger partial charge in [0.25, 0.3) is 5.69 Å². The van der Waals surface area contributed by atoms with E-state index < -0.39 is 23.3 Å². The van der Waals surface area contributed by atoms with Gasteiger partial charge < -0.3 is 4.74 Å². The third kappa shape index (κ3) is 3.98. The molecule has 0 aliphatic carbocycles. The second kappa shape index (κ2) is 6.95. The number of hydrogen-bond donors (Lipinski definition) is 0. The van der Waals surface area contributed by atoms with Crippen molar-refractivity contribution in [1.82, 2.24) is 0 Å². The topological polar surface area (TPSA) is 86.5 Å². The number of nitro benzene ring substituents is 1. The van der Waals surface area contributed by atoms with Gasteiger partial charge in [0, 0.05) is 22.2 Å². The van der Waals surface area contributed by atoms with E-state index in [1.54, 1.807) is 24.3 Å². The van der Waals surface area contributed by atoms with Crippen LogP contribution in [0, 0.1) is 10.1 Å². The molecule has 0 spiro atoms. The molecular formula is C15H10BrNO5. The Morgan fingerprint density at radius 1 is 1.00 bits per heavy atom. The van der Waals surface area contributed by atoms with Crippen molar-refractivity contribution in [2.45, 2.75) is 0 Å². The highest BCUT2D eigenvalue weighted by atomic mass is 79.9. The number of ether oxygens (including phenoxy) is 1. The molecule has 7 heteroatoms. The Labute approximate surface area is 134 Å². The number of benzene rings is 2. The summed E-state index contributed by atoms with van der Waals surface area (Å²) in [6, 6.07) is 11.6. The molecule has 2 rings (SSSR count). The summed E-state index contributed by atoms with van der Waals surface area (Å²) in [5, 5.41) is 10.5. The fourth-order valence-corrected chi connectivity index (χ4v) is 1.92. The molecule has 0 fully saturated rings. The average Bonchev–Trinajstić information content (AvgIpc) is 2.53. The number of Topliss-reactive ketones (excluding diaryl/α,β-unsaturated/α-hetero) is 1. The molecule has 0 N–H and O–H groups in total. The smallest absolute Gasteiger partial charge is 0.338 e. The first-order valence-corrected chi connectivity index (χ1v) is 6.97. The first-order chi connectivity index (χ1) is 10.5. The summed E-state index contributed by atoms with van der Waals surface area (Å²) in [5.41, 5.74) is 0.470. The first kappa shape index (κ1) is 15.8. The van der Waals surface area contributed by atoms with E-state index in [2.05, 4.69) is 15.9 Å². The molecule has 112 valence electrons. The minimum Gasteiger partial charge on any atom is -0.454 e. The molecule has 0 heterocycles. The average molecular weight is 364 g/mol.